The Morgan fingerprint density at radius 2 is 2.03 bits per heavy atom. The lowest BCUT2D eigenvalue weighted by Gasteiger charge is -2.25. The Bertz CT molecular complexity index is 1100. The number of carbonyl (C=O) groups excluding carboxylic acids is 2. The number of hydrogen-bond acceptors (Lipinski definition) is 5. The van der Waals surface area contributed by atoms with Crippen molar-refractivity contribution in [1.82, 2.24) is 0 Å². The van der Waals surface area contributed by atoms with Gasteiger partial charge in [-0.15, -0.1) is 0 Å². The fourth-order valence-corrected chi connectivity index (χ4v) is 3.66. The molecule has 2 aromatic rings. The van der Waals surface area contributed by atoms with Gasteiger partial charge in [-0.3, -0.25) is 9.59 Å². The number of anilines is 1. The third-order valence-corrected chi connectivity index (χ3v) is 5.53. The number of carbonyl (C=O) groups is 2. The van der Waals surface area contributed by atoms with E-state index in [0.717, 1.165) is 6.07 Å². The molecule has 0 aliphatic carbocycles. The number of hydrogen-bond donors (Lipinski definition) is 2. The number of amides is 2. The summed E-state index contributed by atoms with van der Waals surface area (Å²) in [4.78, 5) is 27.2. The lowest BCUT2D eigenvalue weighted by molar-refractivity contribution is -0.381. The van der Waals surface area contributed by atoms with Gasteiger partial charge in [-0.05, 0) is 25.8 Å². The van der Waals surface area contributed by atoms with Gasteiger partial charge in [-0.2, -0.15) is 4.39 Å². The normalized spacial score (nSPS) is 23.6. The summed E-state index contributed by atoms with van der Waals surface area (Å²) in [5.74, 6) is -6.22. The van der Waals surface area contributed by atoms with E-state index in [1.807, 2.05) is 0 Å². The van der Waals surface area contributed by atoms with Crippen molar-refractivity contribution in [2.45, 2.75) is 38.4 Å². The first-order chi connectivity index (χ1) is 15.2. The predicted octanol–water partition coefficient (Wildman–Crippen LogP) is 2.25. The van der Waals surface area contributed by atoms with Gasteiger partial charge in [0.2, 0.25) is 5.82 Å². The van der Waals surface area contributed by atoms with Crippen LogP contribution in [0.25, 0.3) is 0 Å². The van der Waals surface area contributed by atoms with E-state index in [9.17, 15) is 18.4 Å². The standard InChI is InChI=1S/C21H23F2N3O4.H2O/c1-10-15(12-5-6-13(22)16(23)17(12)29-4)18(30-21(10,2)3)20(28)26-11-7-8-25-14(9-11)19(24)27;/h5-10,15,18H,1-4H3,(H2,24,27)(H,25,26,28);1H2/t10-,15-,18+;/m0./s1/i4D3;. The number of primary amides is 1. The van der Waals surface area contributed by atoms with E-state index >= 15 is 0 Å². The molecule has 2 amide bonds. The van der Waals surface area contributed by atoms with Gasteiger partial charge < -0.3 is 26.0 Å². The molecule has 1 saturated heterocycles. The molecule has 0 radical (unpaired) electrons. The van der Waals surface area contributed by atoms with Crippen LogP contribution in [0.4, 0.5) is 14.5 Å². The molecule has 1 aliphatic heterocycles. The number of rotatable bonds is 5. The minimum Gasteiger partial charge on any atom is -0.870 e. The smallest absolute Gasteiger partial charge is 0.313 e. The Kier molecular flexibility index (Phi) is 5.72. The summed E-state index contributed by atoms with van der Waals surface area (Å²) in [6.45, 7) is 5.20. The molecule has 3 rings (SSSR count). The number of nitrogens with one attached hydrogen (secondary N) is 2. The molecule has 1 aromatic carbocycles. The van der Waals surface area contributed by atoms with Crippen LogP contribution in [0.15, 0.2) is 30.5 Å². The van der Waals surface area contributed by atoms with E-state index in [-0.39, 0.29) is 22.4 Å². The number of aromatic amines is 1. The van der Waals surface area contributed by atoms with Crippen LogP contribution in [0.5, 0.6) is 5.75 Å². The molecule has 1 aromatic heterocycles. The van der Waals surface area contributed by atoms with Gasteiger partial charge in [0.05, 0.1) is 22.4 Å². The topological polar surface area (TPSA) is 135 Å². The lowest BCUT2D eigenvalue weighted by Crippen LogP contribution is -2.33. The van der Waals surface area contributed by atoms with E-state index in [1.54, 1.807) is 20.8 Å². The molecule has 10 heteroatoms. The van der Waals surface area contributed by atoms with Crippen molar-refractivity contribution in [2.24, 2.45) is 11.7 Å². The molecule has 0 bridgehead atoms. The highest BCUT2D eigenvalue weighted by Crippen LogP contribution is 2.49. The van der Waals surface area contributed by atoms with E-state index in [0.29, 0.717) is 0 Å². The van der Waals surface area contributed by atoms with Crippen LogP contribution in [0.1, 0.15) is 46.9 Å². The average Bonchev–Trinajstić information content (AvgIpc) is 2.95. The predicted molar refractivity (Wildman–Crippen MR) is 106 cm³/mol. The maximum atomic E-state index is 14.6. The van der Waals surface area contributed by atoms with E-state index < -0.39 is 59.8 Å². The Morgan fingerprint density at radius 1 is 1.32 bits per heavy atom. The second kappa shape index (κ2) is 8.94. The largest absolute Gasteiger partial charge is 0.870 e. The zero-order valence-electron chi connectivity index (χ0n) is 20.0. The van der Waals surface area contributed by atoms with E-state index in [2.05, 4.69) is 10.3 Å². The first-order valence-corrected chi connectivity index (χ1v) is 9.18. The number of halogens is 2. The van der Waals surface area contributed by atoms with Crippen molar-refractivity contribution in [2.75, 3.05) is 12.4 Å². The van der Waals surface area contributed by atoms with Crippen molar-refractivity contribution in [3.8, 4) is 5.75 Å². The second-order valence-electron chi connectivity index (χ2n) is 7.68. The quantitative estimate of drug-likeness (QED) is 0.735. The van der Waals surface area contributed by atoms with Crippen LogP contribution in [-0.4, -0.2) is 36.0 Å². The molecule has 5 N–H and O–H groups in total. The van der Waals surface area contributed by atoms with Gasteiger partial charge >= 0.3 is 5.91 Å². The minimum absolute atomic E-state index is 0. The van der Waals surface area contributed by atoms with Gasteiger partial charge in [0.1, 0.15) is 6.10 Å². The van der Waals surface area contributed by atoms with E-state index in [1.165, 1.54) is 24.4 Å². The molecule has 1 fully saturated rings. The maximum Gasteiger partial charge on any atom is 0.313 e. The number of methoxy groups -OCH3 is 1. The average molecular weight is 440 g/mol. The summed E-state index contributed by atoms with van der Waals surface area (Å²) < 4.78 is 61.3. The summed E-state index contributed by atoms with van der Waals surface area (Å²) in [6.07, 6.45) is 0.201. The van der Waals surface area contributed by atoms with Crippen LogP contribution in [0.3, 0.4) is 0 Å². The summed E-state index contributed by atoms with van der Waals surface area (Å²) in [6, 6.07) is 4.85. The Morgan fingerprint density at radius 3 is 2.68 bits per heavy atom. The van der Waals surface area contributed by atoms with Gasteiger partial charge in [0.15, 0.2) is 17.8 Å². The van der Waals surface area contributed by atoms with Crippen LogP contribution in [-0.2, 0) is 9.53 Å². The number of benzene rings is 1. The number of pyridine rings is 1. The second-order valence-corrected chi connectivity index (χ2v) is 7.68. The maximum absolute atomic E-state index is 14.6. The molecule has 168 valence electrons. The first kappa shape index (κ1) is 19.8. The molecule has 1 aliphatic rings. The van der Waals surface area contributed by atoms with Crippen molar-refractivity contribution >= 4 is 17.5 Å². The fourth-order valence-electron chi connectivity index (χ4n) is 3.66. The zero-order chi connectivity index (χ0) is 24.7. The first-order valence-electron chi connectivity index (χ1n) is 10.7. The van der Waals surface area contributed by atoms with Crippen LogP contribution in [0.2, 0.25) is 0 Å². The molecule has 31 heavy (non-hydrogen) atoms. The lowest BCUT2D eigenvalue weighted by atomic mass is 9.78. The monoisotopic (exact) mass is 440 g/mol. The zero-order valence-corrected chi connectivity index (χ0v) is 17.0. The third kappa shape index (κ3) is 4.49. The molecule has 8 nitrogen and oxygen atoms in total. The van der Waals surface area contributed by atoms with Crippen LogP contribution < -0.4 is 20.8 Å². The number of nitrogens with two attached hydrogens (primary N) is 1. The van der Waals surface area contributed by atoms with Crippen LogP contribution in [0, 0.1) is 17.6 Å². The Balaban J connectivity index is 0.00000408. The minimum atomic E-state index is -3.05. The molecule has 2 heterocycles. The van der Waals surface area contributed by atoms with Gasteiger partial charge in [0.25, 0.3) is 11.6 Å². The summed E-state index contributed by atoms with van der Waals surface area (Å²) in [7, 11) is -3.05. The van der Waals surface area contributed by atoms with Crippen molar-refractivity contribution in [3.63, 3.8) is 0 Å². The number of aromatic nitrogens is 1. The summed E-state index contributed by atoms with van der Waals surface area (Å²) in [5, 5.41) is 2.62. The molecule has 3 atom stereocenters. The van der Waals surface area contributed by atoms with Gasteiger partial charge in [0, 0.05) is 23.6 Å². The summed E-state index contributed by atoms with van der Waals surface area (Å²) >= 11 is 0. The highest BCUT2D eigenvalue weighted by atomic mass is 19.2. The van der Waals surface area contributed by atoms with Gasteiger partial charge in [-0.25, -0.2) is 9.37 Å². The highest BCUT2D eigenvalue weighted by Gasteiger charge is 2.51. The highest BCUT2D eigenvalue weighted by molar-refractivity contribution is 5.96. The molecular formula is C21H25F2N3O5. The molecule has 0 spiro atoms. The molecule has 0 saturated carbocycles. The Labute approximate surface area is 182 Å². The Hall–Kier alpha value is -3.11. The third-order valence-electron chi connectivity index (χ3n) is 5.53. The van der Waals surface area contributed by atoms with Crippen molar-refractivity contribution in [3.05, 3.63) is 53.4 Å². The van der Waals surface area contributed by atoms with Crippen LogP contribution >= 0.6 is 0 Å². The summed E-state index contributed by atoms with van der Waals surface area (Å²) in [5.41, 5.74) is 4.66. The SMILES string of the molecule is [2H]C([2H])([2H])Oc1c([C@H]2[C@H](C(=O)Nc3cc[nH+]c(C(N)=O)c3)OC(C)(C)[C@H]2C)ccc(F)c1F.[OH-]. The number of H-pyrrole nitrogens is 1. The van der Waals surface area contributed by atoms with Crippen molar-refractivity contribution in [1.29, 1.82) is 0 Å². The molecular weight excluding hydrogens is 412 g/mol. The molecule has 0 unspecified atom stereocenters. The van der Waals surface area contributed by atoms with Gasteiger partial charge in [-0.1, -0.05) is 13.0 Å². The van der Waals surface area contributed by atoms with Crippen molar-refractivity contribution < 1.29 is 42.4 Å². The van der Waals surface area contributed by atoms with E-state index in [4.69, 9.17) is 19.3 Å². The number of ether oxygens (including phenoxy) is 2. The fraction of sp³-hybridized carbons (Fsp3) is 0.381.